The quantitative estimate of drug-likeness (QED) is 0.166. The van der Waals surface area contributed by atoms with Crippen molar-refractivity contribution in [3.63, 3.8) is 0 Å². The van der Waals surface area contributed by atoms with E-state index in [2.05, 4.69) is 72.8 Å². The van der Waals surface area contributed by atoms with Crippen molar-refractivity contribution in [2.75, 3.05) is 0 Å². The maximum Gasteiger partial charge on any atom is 0.160 e. The fourth-order valence-electron chi connectivity index (χ4n) is 5.65. The molecule has 42 heavy (non-hydrogen) atoms. The zero-order chi connectivity index (χ0) is 27.9. The number of hydrogen-bond acceptors (Lipinski definition) is 4. The molecule has 0 radical (unpaired) electrons. The van der Waals surface area contributed by atoms with Crippen molar-refractivity contribution < 1.29 is 0 Å². The van der Waals surface area contributed by atoms with Gasteiger partial charge < -0.3 is 0 Å². The molecule has 0 spiro atoms. The van der Waals surface area contributed by atoms with E-state index in [9.17, 15) is 0 Å². The van der Waals surface area contributed by atoms with Gasteiger partial charge in [0.05, 0.1) is 33.6 Å². The molecule has 0 aliphatic rings. The van der Waals surface area contributed by atoms with Gasteiger partial charge in [-0.15, -0.1) is 0 Å². The van der Waals surface area contributed by atoms with Crippen LogP contribution in [-0.2, 0) is 0 Å². The SMILES string of the molecule is c1ccc(-c2cc(-c3ccc4ccc5c(-c6ccccc6)c6ccccc6nc5c4n3)nc(-c3ccccc3)n2)cc1. The van der Waals surface area contributed by atoms with E-state index in [1.807, 2.05) is 72.8 Å². The zero-order valence-electron chi connectivity index (χ0n) is 22.6. The van der Waals surface area contributed by atoms with E-state index in [0.717, 1.165) is 66.5 Å². The number of nitrogens with zero attached hydrogens (tertiary/aromatic N) is 4. The lowest BCUT2D eigenvalue weighted by Crippen LogP contribution is -1.98. The van der Waals surface area contributed by atoms with Gasteiger partial charge in [0.25, 0.3) is 0 Å². The van der Waals surface area contributed by atoms with Crippen molar-refractivity contribution in [2.45, 2.75) is 0 Å². The van der Waals surface area contributed by atoms with Crippen LogP contribution in [0.1, 0.15) is 0 Å². The minimum atomic E-state index is 0.669. The van der Waals surface area contributed by atoms with Crippen LogP contribution in [-0.4, -0.2) is 19.9 Å². The van der Waals surface area contributed by atoms with Crippen LogP contribution in [0, 0.1) is 0 Å². The first-order valence-corrected chi connectivity index (χ1v) is 14.0. The van der Waals surface area contributed by atoms with E-state index in [-0.39, 0.29) is 0 Å². The summed E-state index contributed by atoms with van der Waals surface area (Å²) in [6.07, 6.45) is 0. The molecule has 0 unspecified atom stereocenters. The Kier molecular flexibility index (Phi) is 5.75. The molecule has 196 valence electrons. The highest BCUT2D eigenvalue weighted by Gasteiger charge is 2.16. The van der Waals surface area contributed by atoms with Crippen molar-refractivity contribution in [1.29, 1.82) is 0 Å². The summed E-state index contributed by atoms with van der Waals surface area (Å²) in [5.41, 5.74) is 9.42. The third-order valence-corrected chi connectivity index (χ3v) is 7.66. The summed E-state index contributed by atoms with van der Waals surface area (Å²) in [5, 5.41) is 3.24. The van der Waals surface area contributed by atoms with E-state index in [4.69, 9.17) is 19.9 Å². The molecule has 0 bridgehead atoms. The lowest BCUT2D eigenvalue weighted by atomic mass is 9.95. The number of para-hydroxylation sites is 1. The fourth-order valence-corrected chi connectivity index (χ4v) is 5.65. The van der Waals surface area contributed by atoms with Gasteiger partial charge in [0.2, 0.25) is 0 Å². The standard InChI is InChI=1S/C38H24N4/c1-4-12-25(13-5-1)33-24-34(42-38(41-33)28-16-8-3-9-17-28)32-23-21-27-20-22-30-35(26-14-6-2-7-15-26)29-18-10-11-19-31(29)39-37(30)36(27)40-32/h1-24H. The minimum absolute atomic E-state index is 0.669. The maximum absolute atomic E-state index is 5.23. The van der Waals surface area contributed by atoms with Gasteiger partial charge in [-0.25, -0.2) is 19.9 Å². The second kappa shape index (κ2) is 10.0. The predicted octanol–water partition coefficient (Wildman–Crippen LogP) is 9.39. The van der Waals surface area contributed by atoms with Gasteiger partial charge in [0.1, 0.15) is 0 Å². The van der Waals surface area contributed by atoms with Crippen molar-refractivity contribution in [1.82, 2.24) is 19.9 Å². The molecular formula is C38H24N4. The highest BCUT2D eigenvalue weighted by Crippen LogP contribution is 2.37. The summed E-state index contributed by atoms with van der Waals surface area (Å²) in [6, 6.07) is 49.7. The Balaban J connectivity index is 1.39. The number of aromatic nitrogens is 4. The van der Waals surface area contributed by atoms with Crippen molar-refractivity contribution in [3.05, 3.63) is 146 Å². The first-order chi connectivity index (χ1) is 20.8. The second-order valence-electron chi connectivity index (χ2n) is 10.3. The van der Waals surface area contributed by atoms with Gasteiger partial charge in [-0.1, -0.05) is 127 Å². The number of rotatable bonds is 4. The Morgan fingerprint density at radius 1 is 0.357 bits per heavy atom. The smallest absolute Gasteiger partial charge is 0.160 e. The lowest BCUT2D eigenvalue weighted by Gasteiger charge is -2.13. The molecule has 8 rings (SSSR count). The van der Waals surface area contributed by atoms with Crippen LogP contribution in [0.3, 0.4) is 0 Å². The molecule has 0 atom stereocenters. The minimum Gasteiger partial charge on any atom is -0.245 e. The second-order valence-corrected chi connectivity index (χ2v) is 10.3. The zero-order valence-corrected chi connectivity index (χ0v) is 22.6. The van der Waals surface area contributed by atoms with Gasteiger partial charge in [-0.3, -0.25) is 0 Å². The van der Waals surface area contributed by atoms with Crippen LogP contribution in [0.25, 0.3) is 77.9 Å². The molecule has 0 N–H and O–H groups in total. The fraction of sp³-hybridized carbons (Fsp3) is 0. The van der Waals surface area contributed by atoms with E-state index in [1.54, 1.807) is 0 Å². The molecule has 3 aromatic heterocycles. The van der Waals surface area contributed by atoms with Gasteiger partial charge >= 0.3 is 0 Å². The predicted molar refractivity (Wildman–Crippen MR) is 172 cm³/mol. The lowest BCUT2D eigenvalue weighted by molar-refractivity contribution is 1.17. The van der Waals surface area contributed by atoms with Crippen LogP contribution in [0.15, 0.2) is 146 Å². The third kappa shape index (κ3) is 4.18. The summed E-state index contributed by atoms with van der Waals surface area (Å²) in [7, 11) is 0. The Labute approximate surface area is 243 Å². The van der Waals surface area contributed by atoms with Crippen LogP contribution >= 0.6 is 0 Å². The Bertz CT molecular complexity index is 2170. The van der Waals surface area contributed by atoms with Gasteiger partial charge in [0, 0.05) is 32.8 Å². The molecule has 0 aliphatic carbocycles. The van der Waals surface area contributed by atoms with Gasteiger partial charge in [0.15, 0.2) is 5.82 Å². The summed E-state index contributed by atoms with van der Waals surface area (Å²) in [6.45, 7) is 0. The Hall–Kier alpha value is -5.74. The van der Waals surface area contributed by atoms with E-state index in [1.165, 1.54) is 5.56 Å². The van der Waals surface area contributed by atoms with E-state index >= 15 is 0 Å². The molecule has 0 saturated carbocycles. The molecule has 3 heterocycles. The number of hydrogen-bond donors (Lipinski definition) is 0. The summed E-state index contributed by atoms with van der Waals surface area (Å²) in [5.74, 6) is 0.669. The van der Waals surface area contributed by atoms with E-state index in [0.29, 0.717) is 5.82 Å². The number of pyridine rings is 2. The highest BCUT2D eigenvalue weighted by atomic mass is 14.9. The maximum atomic E-state index is 5.23. The van der Waals surface area contributed by atoms with Crippen LogP contribution < -0.4 is 0 Å². The van der Waals surface area contributed by atoms with Crippen LogP contribution in [0.5, 0.6) is 0 Å². The molecular weight excluding hydrogens is 512 g/mol. The Morgan fingerprint density at radius 2 is 0.976 bits per heavy atom. The average molecular weight is 537 g/mol. The molecule has 5 aromatic carbocycles. The molecule has 4 nitrogen and oxygen atoms in total. The Morgan fingerprint density at radius 3 is 1.74 bits per heavy atom. The molecule has 0 amide bonds. The molecule has 0 fully saturated rings. The first kappa shape index (κ1) is 24.1. The number of benzene rings is 5. The first-order valence-electron chi connectivity index (χ1n) is 14.0. The summed E-state index contributed by atoms with van der Waals surface area (Å²) < 4.78 is 0. The van der Waals surface area contributed by atoms with Crippen molar-refractivity contribution >= 4 is 32.7 Å². The van der Waals surface area contributed by atoms with Crippen molar-refractivity contribution in [3.8, 4) is 45.2 Å². The monoisotopic (exact) mass is 536 g/mol. The van der Waals surface area contributed by atoms with Gasteiger partial charge in [-0.05, 0) is 23.8 Å². The normalized spacial score (nSPS) is 11.3. The molecule has 4 heteroatoms. The van der Waals surface area contributed by atoms with E-state index < -0.39 is 0 Å². The largest absolute Gasteiger partial charge is 0.245 e. The van der Waals surface area contributed by atoms with Crippen LogP contribution in [0.4, 0.5) is 0 Å². The molecule has 0 aliphatic heterocycles. The van der Waals surface area contributed by atoms with Crippen LogP contribution in [0.2, 0.25) is 0 Å². The average Bonchev–Trinajstić information content (AvgIpc) is 3.08. The van der Waals surface area contributed by atoms with Gasteiger partial charge in [-0.2, -0.15) is 0 Å². The summed E-state index contributed by atoms with van der Waals surface area (Å²) in [4.78, 5) is 20.3. The third-order valence-electron chi connectivity index (χ3n) is 7.66. The summed E-state index contributed by atoms with van der Waals surface area (Å²) >= 11 is 0. The van der Waals surface area contributed by atoms with Crippen molar-refractivity contribution in [2.24, 2.45) is 0 Å². The topological polar surface area (TPSA) is 51.6 Å². The molecule has 0 saturated heterocycles. The molecule has 8 aromatic rings. The number of fused-ring (bicyclic) bond motifs is 4. The highest BCUT2D eigenvalue weighted by molar-refractivity contribution is 6.16.